The Morgan fingerprint density at radius 3 is 2.76 bits per heavy atom. The number of benzene rings is 1. The average Bonchev–Trinajstić information content (AvgIpc) is 3.12. The fourth-order valence-electron chi connectivity index (χ4n) is 1.73. The lowest BCUT2D eigenvalue weighted by Gasteiger charge is -2.00. The standard InChI is InChI=1S/C14H10FN3O2S/c15-11-3-1-9(2-4-11)7-12(19)16-14-18-17-13(20-14)10-5-6-21-8-10/h1-6,8H,7H2,(H,16,18,19). The van der Waals surface area contributed by atoms with Crippen molar-refractivity contribution >= 4 is 23.3 Å². The largest absolute Gasteiger partial charge is 0.403 e. The van der Waals surface area contributed by atoms with Crippen LogP contribution in [-0.4, -0.2) is 16.1 Å². The molecule has 106 valence electrons. The molecule has 0 aliphatic rings. The number of nitrogens with one attached hydrogen (secondary N) is 1. The molecule has 0 unspecified atom stereocenters. The highest BCUT2D eigenvalue weighted by Gasteiger charge is 2.12. The van der Waals surface area contributed by atoms with E-state index >= 15 is 0 Å². The van der Waals surface area contributed by atoms with Crippen LogP contribution in [0.1, 0.15) is 5.56 Å². The Labute approximate surface area is 123 Å². The highest BCUT2D eigenvalue weighted by Crippen LogP contribution is 2.22. The number of carbonyl (C=O) groups is 1. The van der Waals surface area contributed by atoms with Crippen molar-refractivity contribution in [2.24, 2.45) is 0 Å². The molecule has 0 spiro atoms. The van der Waals surface area contributed by atoms with Crippen molar-refractivity contribution < 1.29 is 13.6 Å². The van der Waals surface area contributed by atoms with Crippen LogP contribution in [0.5, 0.6) is 0 Å². The molecule has 1 N–H and O–H groups in total. The van der Waals surface area contributed by atoms with Gasteiger partial charge in [0.1, 0.15) is 5.82 Å². The number of carbonyl (C=O) groups excluding carboxylic acids is 1. The van der Waals surface area contributed by atoms with Gasteiger partial charge in [-0.1, -0.05) is 17.2 Å². The summed E-state index contributed by atoms with van der Waals surface area (Å²) in [5.74, 6) is -0.285. The van der Waals surface area contributed by atoms with E-state index in [1.54, 1.807) is 12.1 Å². The molecule has 0 fully saturated rings. The first-order valence-electron chi connectivity index (χ1n) is 6.11. The normalized spacial score (nSPS) is 10.5. The van der Waals surface area contributed by atoms with Crippen LogP contribution < -0.4 is 5.32 Å². The van der Waals surface area contributed by atoms with Crippen molar-refractivity contribution in [1.29, 1.82) is 0 Å². The molecule has 0 saturated carbocycles. The Morgan fingerprint density at radius 2 is 2.05 bits per heavy atom. The summed E-state index contributed by atoms with van der Waals surface area (Å²) in [4.78, 5) is 11.8. The summed E-state index contributed by atoms with van der Waals surface area (Å²) in [6.07, 6.45) is 0.108. The topological polar surface area (TPSA) is 68.0 Å². The van der Waals surface area contributed by atoms with Gasteiger partial charge in [0, 0.05) is 10.9 Å². The molecule has 0 atom stereocenters. The first kappa shape index (κ1) is 13.4. The first-order valence-corrected chi connectivity index (χ1v) is 7.05. The fraction of sp³-hybridized carbons (Fsp3) is 0.0714. The van der Waals surface area contributed by atoms with Gasteiger partial charge in [-0.2, -0.15) is 11.3 Å². The van der Waals surface area contributed by atoms with Gasteiger partial charge in [-0.05, 0) is 29.1 Å². The number of hydrogen-bond acceptors (Lipinski definition) is 5. The van der Waals surface area contributed by atoms with E-state index in [2.05, 4.69) is 15.5 Å². The van der Waals surface area contributed by atoms with Crippen LogP contribution in [-0.2, 0) is 11.2 Å². The first-order chi connectivity index (χ1) is 10.2. The molecule has 3 aromatic rings. The highest BCUT2D eigenvalue weighted by atomic mass is 32.1. The van der Waals surface area contributed by atoms with Crippen molar-refractivity contribution in [1.82, 2.24) is 10.2 Å². The summed E-state index contributed by atoms with van der Waals surface area (Å²) in [5.41, 5.74) is 1.51. The van der Waals surface area contributed by atoms with E-state index in [9.17, 15) is 9.18 Å². The number of hydrogen-bond donors (Lipinski definition) is 1. The maximum atomic E-state index is 12.8. The zero-order valence-electron chi connectivity index (χ0n) is 10.7. The molecule has 5 nitrogen and oxygen atoms in total. The average molecular weight is 303 g/mol. The molecule has 7 heteroatoms. The Bertz CT molecular complexity index is 738. The van der Waals surface area contributed by atoms with Crippen LogP contribution in [0.4, 0.5) is 10.4 Å². The number of nitrogens with zero attached hydrogens (tertiary/aromatic N) is 2. The van der Waals surface area contributed by atoms with Gasteiger partial charge in [0.05, 0.1) is 6.42 Å². The molecule has 0 saturated heterocycles. The summed E-state index contributed by atoms with van der Waals surface area (Å²) in [6.45, 7) is 0. The summed E-state index contributed by atoms with van der Waals surface area (Å²) in [5, 5.41) is 13.9. The molecule has 1 amide bonds. The second kappa shape index (κ2) is 5.84. The molecule has 0 aliphatic carbocycles. The molecule has 0 bridgehead atoms. The number of amides is 1. The Hall–Kier alpha value is -2.54. The lowest BCUT2D eigenvalue weighted by molar-refractivity contribution is -0.115. The number of aromatic nitrogens is 2. The van der Waals surface area contributed by atoms with Crippen molar-refractivity contribution in [3.05, 3.63) is 52.5 Å². The number of rotatable bonds is 4. The SMILES string of the molecule is O=C(Cc1ccc(F)cc1)Nc1nnc(-c2ccsc2)o1. The van der Waals surface area contributed by atoms with Gasteiger partial charge >= 0.3 is 6.01 Å². The van der Waals surface area contributed by atoms with E-state index in [4.69, 9.17) is 4.42 Å². The highest BCUT2D eigenvalue weighted by molar-refractivity contribution is 7.08. The molecule has 0 radical (unpaired) electrons. The molecule has 0 aliphatic heterocycles. The molecule has 1 aromatic carbocycles. The van der Waals surface area contributed by atoms with Gasteiger partial charge in [-0.3, -0.25) is 10.1 Å². The van der Waals surface area contributed by atoms with Crippen LogP contribution in [0.15, 0.2) is 45.5 Å². The third-order valence-corrected chi connectivity index (χ3v) is 3.40. The van der Waals surface area contributed by atoms with E-state index in [1.165, 1.54) is 23.5 Å². The maximum Gasteiger partial charge on any atom is 0.322 e. The van der Waals surface area contributed by atoms with Gasteiger partial charge in [-0.25, -0.2) is 4.39 Å². The van der Waals surface area contributed by atoms with E-state index < -0.39 is 0 Å². The van der Waals surface area contributed by atoms with Crippen molar-refractivity contribution in [3.8, 4) is 11.5 Å². The third-order valence-electron chi connectivity index (χ3n) is 2.72. The van der Waals surface area contributed by atoms with Crippen LogP contribution in [0.3, 0.4) is 0 Å². The van der Waals surface area contributed by atoms with Gasteiger partial charge in [0.2, 0.25) is 5.91 Å². The summed E-state index contributed by atoms with van der Waals surface area (Å²) >= 11 is 1.51. The fourth-order valence-corrected chi connectivity index (χ4v) is 2.36. The van der Waals surface area contributed by atoms with Gasteiger partial charge in [0.15, 0.2) is 0 Å². The lowest BCUT2D eigenvalue weighted by Crippen LogP contribution is -2.14. The van der Waals surface area contributed by atoms with E-state index in [0.29, 0.717) is 11.5 Å². The van der Waals surface area contributed by atoms with Crippen molar-refractivity contribution in [2.45, 2.75) is 6.42 Å². The van der Waals surface area contributed by atoms with Crippen LogP contribution in [0.25, 0.3) is 11.5 Å². The smallest absolute Gasteiger partial charge is 0.322 e. The molecule has 21 heavy (non-hydrogen) atoms. The second-order valence-corrected chi connectivity index (χ2v) is 5.06. The molecule has 3 rings (SSSR count). The van der Waals surface area contributed by atoms with Crippen molar-refractivity contribution in [2.75, 3.05) is 5.32 Å². The minimum absolute atomic E-state index is 0.0447. The lowest BCUT2D eigenvalue weighted by atomic mass is 10.1. The van der Waals surface area contributed by atoms with Gasteiger partial charge < -0.3 is 4.42 Å². The predicted octanol–water partition coefficient (Wildman–Crippen LogP) is 3.12. The summed E-state index contributed by atoms with van der Waals surface area (Å²) < 4.78 is 18.1. The summed E-state index contributed by atoms with van der Waals surface area (Å²) in [6, 6.07) is 7.62. The molecule has 2 aromatic heterocycles. The van der Waals surface area contributed by atoms with E-state index in [0.717, 1.165) is 5.56 Å². The van der Waals surface area contributed by atoms with E-state index in [-0.39, 0.29) is 24.2 Å². The van der Waals surface area contributed by atoms with Crippen LogP contribution >= 0.6 is 11.3 Å². The zero-order valence-corrected chi connectivity index (χ0v) is 11.6. The number of halogens is 1. The third kappa shape index (κ3) is 3.32. The molecular weight excluding hydrogens is 293 g/mol. The van der Waals surface area contributed by atoms with Crippen LogP contribution in [0, 0.1) is 5.82 Å². The molecular formula is C14H10FN3O2S. The zero-order chi connectivity index (χ0) is 14.7. The quantitative estimate of drug-likeness (QED) is 0.804. The number of anilines is 1. The maximum absolute atomic E-state index is 12.8. The summed E-state index contributed by atoms with van der Waals surface area (Å²) in [7, 11) is 0. The predicted molar refractivity (Wildman–Crippen MR) is 76.3 cm³/mol. The minimum Gasteiger partial charge on any atom is -0.403 e. The van der Waals surface area contributed by atoms with E-state index in [1.807, 2.05) is 16.8 Å². The monoisotopic (exact) mass is 303 g/mol. The van der Waals surface area contributed by atoms with Crippen molar-refractivity contribution in [3.63, 3.8) is 0 Å². The Balaban J connectivity index is 1.64. The van der Waals surface area contributed by atoms with Crippen LogP contribution in [0.2, 0.25) is 0 Å². The van der Waals surface area contributed by atoms with Gasteiger partial charge in [-0.15, -0.1) is 5.10 Å². The number of thiophene rings is 1. The van der Waals surface area contributed by atoms with Gasteiger partial charge in [0.25, 0.3) is 5.89 Å². The molecule has 2 heterocycles. The Morgan fingerprint density at radius 1 is 1.24 bits per heavy atom. The Kier molecular flexibility index (Phi) is 3.74. The minimum atomic E-state index is -0.337. The second-order valence-electron chi connectivity index (χ2n) is 4.28.